The number of rotatable bonds is 0. The zero-order valence-corrected chi connectivity index (χ0v) is 8.19. The van der Waals surface area contributed by atoms with Crippen LogP contribution < -0.4 is 0 Å². The van der Waals surface area contributed by atoms with Gasteiger partial charge in [-0.3, -0.25) is 0 Å². The summed E-state index contributed by atoms with van der Waals surface area (Å²) in [6, 6.07) is 8.36. The fraction of sp³-hybridized carbons (Fsp3) is 0.250. The third kappa shape index (κ3) is 4.88. The zero-order valence-electron chi connectivity index (χ0n) is 6.63. The second-order valence-electron chi connectivity index (χ2n) is 2.17. The van der Waals surface area contributed by atoms with Gasteiger partial charge >= 0.3 is 25.7 Å². The molecule has 0 aliphatic rings. The molecule has 1 aromatic carbocycles. The average molecular weight is 186 g/mol. The quantitative estimate of drug-likeness (QED) is 0.581. The van der Waals surface area contributed by atoms with Crippen LogP contribution >= 0.6 is 0 Å². The van der Waals surface area contributed by atoms with E-state index in [1.54, 1.807) is 0 Å². The van der Waals surface area contributed by atoms with Crippen molar-refractivity contribution in [1.82, 2.24) is 0 Å². The molecule has 0 amide bonds. The van der Waals surface area contributed by atoms with E-state index in [1.165, 1.54) is 11.1 Å². The average Bonchev–Trinajstić information content (AvgIpc) is 1.97. The van der Waals surface area contributed by atoms with Gasteiger partial charge in [0.25, 0.3) is 0 Å². The topological polar surface area (TPSA) is 34.1 Å². The van der Waals surface area contributed by atoms with Crippen LogP contribution in [0.1, 0.15) is 11.1 Å². The van der Waals surface area contributed by atoms with Gasteiger partial charge in [0.05, 0.1) is 0 Å². The van der Waals surface area contributed by atoms with E-state index in [4.69, 9.17) is 6.65 Å². The van der Waals surface area contributed by atoms with E-state index in [-0.39, 0.29) is 0 Å². The van der Waals surface area contributed by atoms with Crippen LogP contribution in [-0.2, 0) is 25.7 Å². The summed E-state index contributed by atoms with van der Waals surface area (Å²) in [5.74, 6) is 0. The molecular weight excluding hydrogens is 176 g/mol. The molecule has 11 heavy (non-hydrogen) atoms. The number of hydrogen-bond donors (Lipinski definition) is 0. The van der Waals surface area contributed by atoms with Crippen LogP contribution in [0.4, 0.5) is 0 Å². The van der Waals surface area contributed by atoms with E-state index in [1.807, 2.05) is 0 Å². The van der Waals surface area contributed by atoms with E-state index in [0.717, 1.165) is 0 Å². The molecule has 2 nitrogen and oxygen atoms in total. The van der Waals surface area contributed by atoms with Gasteiger partial charge < -0.3 is 0 Å². The Hall–Kier alpha value is -0.466. The van der Waals surface area contributed by atoms with Crippen LogP contribution in [0.2, 0.25) is 0 Å². The van der Waals surface area contributed by atoms with Crippen molar-refractivity contribution in [3.8, 4) is 0 Å². The third-order valence-corrected chi connectivity index (χ3v) is 1.43. The fourth-order valence-corrected chi connectivity index (χ4v) is 0.663. The summed E-state index contributed by atoms with van der Waals surface area (Å²) in [6.07, 6.45) is 0. The molecule has 1 aromatic rings. The van der Waals surface area contributed by atoms with Crippen molar-refractivity contribution >= 4 is 0 Å². The molecule has 0 spiro atoms. The van der Waals surface area contributed by atoms with Gasteiger partial charge in [-0.1, -0.05) is 24.3 Å². The molecule has 0 heterocycles. The Morgan fingerprint density at radius 3 is 1.45 bits per heavy atom. The molecule has 0 aromatic heterocycles. The summed E-state index contributed by atoms with van der Waals surface area (Å²) in [5.41, 5.74) is 2.74. The Morgan fingerprint density at radius 1 is 1.00 bits per heavy atom. The number of hydrogen-bond acceptors (Lipinski definition) is 2. The second-order valence-corrected chi connectivity index (χ2v) is 2.43. The molecule has 0 radical (unpaired) electrons. The molecule has 3 heteroatoms. The molecule has 0 saturated carbocycles. The molecule has 0 aliphatic heterocycles. The Labute approximate surface area is 75.2 Å². The van der Waals surface area contributed by atoms with E-state index in [9.17, 15) is 0 Å². The van der Waals surface area contributed by atoms with Gasteiger partial charge in [0.15, 0.2) is 0 Å². The van der Waals surface area contributed by atoms with Crippen molar-refractivity contribution in [2.75, 3.05) is 0 Å². The summed E-state index contributed by atoms with van der Waals surface area (Å²) in [7, 11) is 0. The molecule has 0 atom stereocenters. The molecule has 0 fully saturated rings. The van der Waals surface area contributed by atoms with Crippen molar-refractivity contribution in [3.63, 3.8) is 0 Å². The first-order valence-electron chi connectivity index (χ1n) is 3.24. The molecule has 58 valence electrons. The Kier molecular flexibility index (Phi) is 5.99. The van der Waals surface area contributed by atoms with Gasteiger partial charge in [0.1, 0.15) is 0 Å². The minimum absolute atomic E-state index is 1.37. The first kappa shape index (κ1) is 10.5. The molecule has 0 N–H and O–H groups in total. The predicted molar refractivity (Wildman–Crippen MR) is 37.3 cm³/mol. The van der Waals surface area contributed by atoms with Gasteiger partial charge in [-0.2, -0.15) is 0 Å². The Morgan fingerprint density at radius 2 is 1.27 bits per heavy atom. The SMILES string of the molecule is Cc1ccccc1C.[O]=[Ti]=[O]. The monoisotopic (exact) mass is 186 g/mol. The Balaban J connectivity index is 0.000000292. The fourth-order valence-electron chi connectivity index (χ4n) is 0.663. The second kappa shape index (κ2) is 6.26. The molecule has 0 bridgehead atoms. The normalized spacial score (nSPS) is 7.45. The molecule has 1 rings (SSSR count). The van der Waals surface area contributed by atoms with Crippen molar-refractivity contribution in [1.29, 1.82) is 0 Å². The van der Waals surface area contributed by atoms with Gasteiger partial charge in [-0.15, -0.1) is 0 Å². The summed E-state index contributed by atoms with van der Waals surface area (Å²) in [4.78, 5) is 0. The van der Waals surface area contributed by atoms with Crippen LogP contribution in [0, 0.1) is 13.8 Å². The van der Waals surface area contributed by atoms with Crippen LogP contribution in [0.5, 0.6) is 0 Å². The van der Waals surface area contributed by atoms with Crippen LogP contribution in [0.15, 0.2) is 24.3 Å². The van der Waals surface area contributed by atoms with Gasteiger partial charge in [0, 0.05) is 0 Å². The third-order valence-electron chi connectivity index (χ3n) is 1.43. The van der Waals surface area contributed by atoms with Crippen molar-refractivity contribution in [2.45, 2.75) is 13.8 Å². The predicted octanol–water partition coefficient (Wildman–Crippen LogP) is 2.06. The minimum atomic E-state index is -2.00. The zero-order chi connectivity index (χ0) is 8.69. The van der Waals surface area contributed by atoms with Crippen LogP contribution in [-0.4, -0.2) is 0 Å². The standard InChI is InChI=1S/C8H10.2O.Ti/c1-7-5-3-4-6-8(7)2;;;/h3-6H,1-2H3;;;. The summed E-state index contributed by atoms with van der Waals surface area (Å²) < 4.78 is 17.0. The van der Waals surface area contributed by atoms with Crippen molar-refractivity contribution < 1.29 is 25.7 Å². The van der Waals surface area contributed by atoms with E-state index < -0.39 is 19.1 Å². The summed E-state index contributed by atoms with van der Waals surface area (Å²) in [5, 5.41) is 0. The molecule has 0 saturated heterocycles. The maximum absolute atomic E-state index is 8.50. The van der Waals surface area contributed by atoms with Gasteiger partial charge in [-0.05, 0) is 25.0 Å². The molecular formula is C8H10O2Ti. The number of benzene rings is 1. The van der Waals surface area contributed by atoms with E-state index >= 15 is 0 Å². The Bertz CT molecular complexity index is 231. The molecule has 0 unspecified atom stereocenters. The van der Waals surface area contributed by atoms with Gasteiger partial charge in [0.2, 0.25) is 0 Å². The van der Waals surface area contributed by atoms with E-state index in [2.05, 4.69) is 38.1 Å². The first-order valence-corrected chi connectivity index (χ1v) is 4.51. The number of aryl methyl sites for hydroxylation is 2. The molecule has 0 aliphatic carbocycles. The van der Waals surface area contributed by atoms with Crippen molar-refractivity contribution in [3.05, 3.63) is 35.4 Å². The van der Waals surface area contributed by atoms with Crippen molar-refractivity contribution in [2.24, 2.45) is 0 Å². The maximum atomic E-state index is 8.50. The summed E-state index contributed by atoms with van der Waals surface area (Å²) in [6.45, 7) is 4.24. The van der Waals surface area contributed by atoms with Gasteiger partial charge in [-0.25, -0.2) is 0 Å². The first-order chi connectivity index (χ1) is 5.22. The van der Waals surface area contributed by atoms with Crippen LogP contribution in [0.25, 0.3) is 0 Å². The summed E-state index contributed by atoms with van der Waals surface area (Å²) >= 11 is -2.00. The van der Waals surface area contributed by atoms with Crippen LogP contribution in [0.3, 0.4) is 0 Å². The van der Waals surface area contributed by atoms with E-state index in [0.29, 0.717) is 0 Å².